The van der Waals surface area contributed by atoms with Gasteiger partial charge in [-0.1, -0.05) is 35.7 Å². The molecule has 1 unspecified atom stereocenters. The Bertz CT molecular complexity index is 418. The highest BCUT2D eigenvalue weighted by molar-refractivity contribution is 6.42. The zero-order valence-corrected chi connectivity index (χ0v) is 11.8. The van der Waals surface area contributed by atoms with Crippen LogP contribution in [0.15, 0.2) is 18.2 Å². The molecule has 2 nitrogen and oxygen atoms in total. The lowest BCUT2D eigenvalue weighted by Crippen LogP contribution is -2.50. The summed E-state index contributed by atoms with van der Waals surface area (Å²) in [5.41, 5.74) is 7.55. The van der Waals surface area contributed by atoms with Crippen LogP contribution < -0.4 is 5.73 Å². The maximum Gasteiger partial charge on any atom is 0.0595 e. The SMILES string of the molecule is NC(CCCO)C1(c2ccc(Cl)c(Cl)c2)CCC1. The summed E-state index contributed by atoms with van der Waals surface area (Å²) in [6.45, 7) is 0.200. The van der Waals surface area contributed by atoms with Gasteiger partial charge in [-0.05, 0) is 43.4 Å². The normalized spacial score (nSPS) is 19.3. The Morgan fingerprint density at radius 2 is 2.00 bits per heavy atom. The third-order valence-electron chi connectivity index (χ3n) is 4.12. The molecule has 1 aliphatic rings. The number of hydrogen-bond donors (Lipinski definition) is 2. The fourth-order valence-corrected chi connectivity index (χ4v) is 3.12. The Balaban J connectivity index is 2.23. The summed E-state index contributed by atoms with van der Waals surface area (Å²) in [6.07, 6.45) is 4.99. The second-order valence-electron chi connectivity index (χ2n) is 5.11. The van der Waals surface area contributed by atoms with Crippen molar-refractivity contribution in [3.63, 3.8) is 0 Å². The molecule has 18 heavy (non-hydrogen) atoms. The van der Waals surface area contributed by atoms with Gasteiger partial charge in [0.2, 0.25) is 0 Å². The standard InChI is InChI=1S/C14H19Cl2NO/c15-11-5-4-10(9-12(11)16)14(6-2-7-14)13(17)3-1-8-18/h4-5,9,13,18H,1-3,6-8,17H2. The van der Waals surface area contributed by atoms with Crippen molar-refractivity contribution in [2.75, 3.05) is 6.61 Å². The van der Waals surface area contributed by atoms with Gasteiger partial charge < -0.3 is 10.8 Å². The summed E-state index contributed by atoms with van der Waals surface area (Å²) in [7, 11) is 0. The fraction of sp³-hybridized carbons (Fsp3) is 0.571. The largest absolute Gasteiger partial charge is 0.396 e. The van der Waals surface area contributed by atoms with E-state index in [2.05, 4.69) is 0 Å². The second-order valence-corrected chi connectivity index (χ2v) is 5.93. The molecular formula is C14H19Cl2NO. The fourth-order valence-electron chi connectivity index (χ4n) is 2.82. The molecule has 100 valence electrons. The molecule has 1 fully saturated rings. The summed E-state index contributed by atoms with van der Waals surface area (Å²) in [4.78, 5) is 0. The van der Waals surface area contributed by atoms with E-state index >= 15 is 0 Å². The van der Waals surface area contributed by atoms with Crippen molar-refractivity contribution < 1.29 is 5.11 Å². The van der Waals surface area contributed by atoms with Crippen LogP contribution in [0.4, 0.5) is 0 Å². The molecule has 0 saturated heterocycles. The lowest BCUT2D eigenvalue weighted by Gasteiger charge is -2.47. The van der Waals surface area contributed by atoms with Crippen LogP contribution in [0.3, 0.4) is 0 Å². The number of nitrogens with two attached hydrogens (primary N) is 1. The van der Waals surface area contributed by atoms with Crippen LogP contribution in [-0.2, 0) is 5.41 Å². The third-order valence-corrected chi connectivity index (χ3v) is 4.86. The molecule has 1 atom stereocenters. The van der Waals surface area contributed by atoms with Crippen molar-refractivity contribution in [2.45, 2.75) is 43.6 Å². The Hall–Kier alpha value is -0.280. The third kappa shape index (κ3) is 2.53. The van der Waals surface area contributed by atoms with E-state index in [4.69, 9.17) is 34.0 Å². The van der Waals surface area contributed by atoms with Crippen LogP contribution in [0.1, 0.15) is 37.7 Å². The number of rotatable bonds is 5. The van der Waals surface area contributed by atoms with E-state index in [0.717, 1.165) is 25.7 Å². The van der Waals surface area contributed by atoms with Gasteiger partial charge in [0.05, 0.1) is 10.0 Å². The van der Waals surface area contributed by atoms with Crippen molar-refractivity contribution >= 4 is 23.2 Å². The van der Waals surface area contributed by atoms with Crippen LogP contribution in [-0.4, -0.2) is 17.8 Å². The maximum absolute atomic E-state index is 8.93. The van der Waals surface area contributed by atoms with Gasteiger partial charge in [-0.2, -0.15) is 0 Å². The van der Waals surface area contributed by atoms with Crippen molar-refractivity contribution in [2.24, 2.45) is 5.73 Å². The molecule has 0 radical (unpaired) electrons. The average molecular weight is 288 g/mol. The zero-order chi connectivity index (χ0) is 13.2. The quantitative estimate of drug-likeness (QED) is 0.871. The molecule has 1 saturated carbocycles. The van der Waals surface area contributed by atoms with Gasteiger partial charge in [0.1, 0.15) is 0 Å². The lowest BCUT2D eigenvalue weighted by molar-refractivity contribution is 0.177. The second kappa shape index (κ2) is 5.79. The van der Waals surface area contributed by atoms with Crippen LogP contribution in [0, 0.1) is 0 Å². The average Bonchev–Trinajstić information content (AvgIpc) is 2.29. The van der Waals surface area contributed by atoms with E-state index in [9.17, 15) is 0 Å². The van der Waals surface area contributed by atoms with Crippen molar-refractivity contribution in [1.29, 1.82) is 0 Å². The first-order chi connectivity index (χ1) is 8.60. The molecule has 0 spiro atoms. The maximum atomic E-state index is 8.93. The van der Waals surface area contributed by atoms with E-state index in [-0.39, 0.29) is 18.1 Å². The Morgan fingerprint density at radius 3 is 2.50 bits per heavy atom. The number of benzene rings is 1. The molecule has 0 bridgehead atoms. The number of aliphatic hydroxyl groups excluding tert-OH is 1. The first kappa shape index (κ1) is 14.1. The highest BCUT2D eigenvalue weighted by Gasteiger charge is 2.43. The van der Waals surface area contributed by atoms with Gasteiger partial charge in [-0.15, -0.1) is 0 Å². The van der Waals surface area contributed by atoms with Gasteiger partial charge in [0, 0.05) is 18.1 Å². The Labute approximate surface area is 118 Å². The summed E-state index contributed by atoms with van der Waals surface area (Å²) < 4.78 is 0. The molecule has 1 aromatic carbocycles. The number of hydrogen-bond acceptors (Lipinski definition) is 2. The van der Waals surface area contributed by atoms with Gasteiger partial charge in [0.25, 0.3) is 0 Å². The van der Waals surface area contributed by atoms with Crippen LogP contribution in [0.25, 0.3) is 0 Å². The Kier molecular flexibility index (Phi) is 4.54. The molecule has 1 aromatic rings. The first-order valence-corrected chi connectivity index (χ1v) is 7.18. The van der Waals surface area contributed by atoms with Crippen LogP contribution in [0.2, 0.25) is 10.0 Å². The van der Waals surface area contributed by atoms with Gasteiger partial charge in [0.15, 0.2) is 0 Å². The lowest BCUT2D eigenvalue weighted by atomic mass is 9.59. The monoisotopic (exact) mass is 287 g/mol. The molecule has 4 heteroatoms. The van der Waals surface area contributed by atoms with Crippen LogP contribution >= 0.6 is 23.2 Å². The minimum Gasteiger partial charge on any atom is -0.396 e. The molecule has 3 N–H and O–H groups in total. The molecule has 2 rings (SSSR count). The van der Waals surface area contributed by atoms with E-state index in [0.29, 0.717) is 10.0 Å². The topological polar surface area (TPSA) is 46.2 Å². The minimum atomic E-state index is 0.0311. The highest BCUT2D eigenvalue weighted by atomic mass is 35.5. The number of aliphatic hydroxyl groups is 1. The van der Waals surface area contributed by atoms with Crippen molar-refractivity contribution in [1.82, 2.24) is 0 Å². The molecule has 0 aromatic heterocycles. The van der Waals surface area contributed by atoms with E-state index < -0.39 is 0 Å². The van der Waals surface area contributed by atoms with E-state index in [1.807, 2.05) is 18.2 Å². The predicted molar refractivity (Wildman–Crippen MR) is 76.3 cm³/mol. The molecule has 1 aliphatic carbocycles. The number of halogens is 2. The van der Waals surface area contributed by atoms with Gasteiger partial charge in [-0.25, -0.2) is 0 Å². The molecule has 0 heterocycles. The van der Waals surface area contributed by atoms with Crippen molar-refractivity contribution in [3.8, 4) is 0 Å². The zero-order valence-electron chi connectivity index (χ0n) is 10.3. The van der Waals surface area contributed by atoms with Gasteiger partial charge in [-0.3, -0.25) is 0 Å². The summed E-state index contributed by atoms with van der Waals surface area (Å²) >= 11 is 12.1. The van der Waals surface area contributed by atoms with E-state index in [1.165, 1.54) is 12.0 Å². The van der Waals surface area contributed by atoms with Crippen molar-refractivity contribution in [3.05, 3.63) is 33.8 Å². The van der Waals surface area contributed by atoms with Crippen LogP contribution in [0.5, 0.6) is 0 Å². The molecule has 0 amide bonds. The first-order valence-electron chi connectivity index (χ1n) is 6.42. The predicted octanol–water partition coefficient (Wildman–Crippen LogP) is 3.51. The van der Waals surface area contributed by atoms with E-state index in [1.54, 1.807) is 0 Å². The molecule has 0 aliphatic heterocycles. The highest BCUT2D eigenvalue weighted by Crippen LogP contribution is 2.47. The van der Waals surface area contributed by atoms with Gasteiger partial charge >= 0.3 is 0 Å². The molecular weight excluding hydrogens is 269 g/mol. The smallest absolute Gasteiger partial charge is 0.0595 e. The summed E-state index contributed by atoms with van der Waals surface area (Å²) in [6, 6.07) is 5.90. The minimum absolute atomic E-state index is 0.0311. The Morgan fingerprint density at radius 1 is 1.28 bits per heavy atom. The summed E-state index contributed by atoms with van der Waals surface area (Å²) in [5, 5.41) is 10.1. The summed E-state index contributed by atoms with van der Waals surface area (Å²) in [5.74, 6) is 0.